The molecular formula is C10H8F3N3O3. The number of ether oxygens (including phenoxy) is 2. The minimum absolute atomic E-state index is 0.0712. The van der Waals surface area contributed by atoms with Crippen LogP contribution in [0.4, 0.5) is 18.9 Å². The van der Waals surface area contributed by atoms with Gasteiger partial charge < -0.3 is 15.2 Å². The molecule has 0 spiro atoms. The summed E-state index contributed by atoms with van der Waals surface area (Å²) in [5.41, 5.74) is 3.82. The second-order valence-electron chi connectivity index (χ2n) is 3.15. The van der Waals surface area contributed by atoms with Gasteiger partial charge in [0.2, 0.25) is 0 Å². The van der Waals surface area contributed by atoms with Crippen LogP contribution in [-0.2, 0) is 4.74 Å². The molecule has 0 amide bonds. The van der Waals surface area contributed by atoms with Gasteiger partial charge in [-0.05, 0) is 6.92 Å². The molecule has 19 heavy (non-hydrogen) atoms. The summed E-state index contributed by atoms with van der Waals surface area (Å²) in [7, 11) is 0. The maximum atomic E-state index is 12.2. The number of alkyl halides is 3. The Morgan fingerprint density at radius 1 is 1.58 bits per heavy atom. The zero-order chi connectivity index (χ0) is 14.6. The van der Waals surface area contributed by atoms with E-state index in [1.54, 1.807) is 6.07 Å². The predicted octanol–water partition coefficient (Wildman–Crippen LogP) is 1.61. The lowest BCUT2D eigenvalue weighted by atomic mass is 10.2. The summed E-state index contributed by atoms with van der Waals surface area (Å²) in [5, 5.41) is 8.67. The molecule has 1 heterocycles. The van der Waals surface area contributed by atoms with E-state index in [2.05, 4.69) is 14.5 Å². The van der Waals surface area contributed by atoms with E-state index < -0.39 is 29.5 Å². The topological polar surface area (TPSA) is 98.2 Å². The van der Waals surface area contributed by atoms with E-state index in [1.165, 1.54) is 6.92 Å². The molecule has 0 aliphatic rings. The fraction of sp³-hybridized carbons (Fsp3) is 0.300. The summed E-state index contributed by atoms with van der Waals surface area (Å²) in [5.74, 6) is -2.05. The average Bonchev–Trinajstić information content (AvgIpc) is 2.27. The van der Waals surface area contributed by atoms with Gasteiger partial charge in [0.25, 0.3) is 0 Å². The highest BCUT2D eigenvalue weighted by Gasteiger charge is 2.34. The fourth-order valence-corrected chi connectivity index (χ4v) is 1.15. The molecule has 102 valence electrons. The number of nitriles is 1. The highest BCUT2D eigenvalue weighted by molar-refractivity contribution is 5.91. The molecular weight excluding hydrogens is 267 g/mol. The normalized spacial score (nSPS) is 10.7. The largest absolute Gasteiger partial charge is 0.573 e. The van der Waals surface area contributed by atoms with Crippen molar-refractivity contribution < 1.29 is 27.4 Å². The molecule has 0 aromatic carbocycles. The SMILES string of the molecule is CCOC(=O)c1nc(C#N)c(N)cc1OC(F)(F)F. The van der Waals surface area contributed by atoms with Gasteiger partial charge >= 0.3 is 12.3 Å². The maximum Gasteiger partial charge on any atom is 0.573 e. The van der Waals surface area contributed by atoms with Gasteiger partial charge in [-0.25, -0.2) is 9.78 Å². The summed E-state index contributed by atoms with van der Waals surface area (Å²) < 4.78 is 44.7. The van der Waals surface area contributed by atoms with Crippen LogP contribution in [0, 0.1) is 11.3 Å². The third kappa shape index (κ3) is 3.74. The number of carbonyl (C=O) groups excluding carboxylic acids is 1. The number of esters is 1. The van der Waals surface area contributed by atoms with E-state index >= 15 is 0 Å². The number of hydrogen-bond donors (Lipinski definition) is 1. The van der Waals surface area contributed by atoms with E-state index in [9.17, 15) is 18.0 Å². The van der Waals surface area contributed by atoms with Gasteiger partial charge in [-0.2, -0.15) is 5.26 Å². The van der Waals surface area contributed by atoms with Crippen molar-refractivity contribution in [2.24, 2.45) is 0 Å². The highest BCUT2D eigenvalue weighted by atomic mass is 19.4. The standard InChI is InChI=1S/C10H8F3N3O3/c1-2-18-9(17)8-7(19-10(11,12)13)3-5(15)6(4-14)16-8/h3H,2,15H2,1H3. The van der Waals surface area contributed by atoms with Crippen LogP contribution in [0.5, 0.6) is 5.75 Å². The van der Waals surface area contributed by atoms with Crippen LogP contribution >= 0.6 is 0 Å². The number of nitrogens with zero attached hydrogens (tertiary/aromatic N) is 2. The monoisotopic (exact) mass is 275 g/mol. The molecule has 0 saturated carbocycles. The average molecular weight is 275 g/mol. The molecule has 0 unspecified atom stereocenters. The van der Waals surface area contributed by atoms with Crippen molar-refractivity contribution in [1.29, 1.82) is 5.26 Å². The Balaban J connectivity index is 3.31. The Kier molecular flexibility index (Phi) is 4.16. The second kappa shape index (κ2) is 5.43. The number of carbonyl (C=O) groups is 1. The number of nitrogen functional groups attached to an aromatic ring is 1. The van der Waals surface area contributed by atoms with E-state index in [1.807, 2.05) is 0 Å². The molecule has 0 atom stereocenters. The molecule has 0 bridgehead atoms. The van der Waals surface area contributed by atoms with E-state index in [0.29, 0.717) is 6.07 Å². The summed E-state index contributed by atoms with van der Waals surface area (Å²) in [6, 6.07) is 2.24. The number of pyridine rings is 1. The third-order valence-corrected chi connectivity index (χ3v) is 1.82. The lowest BCUT2D eigenvalue weighted by Crippen LogP contribution is -2.21. The Labute approximate surface area is 105 Å². The molecule has 9 heteroatoms. The molecule has 0 aliphatic heterocycles. The van der Waals surface area contributed by atoms with Gasteiger partial charge in [-0.15, -0.1) is 13.2 Å². The van der Waals surface area contributed by atoms with E-state index in [4.69, 9.17) is 11.0 Å². The molecule has 1 aromatic rings. The minimum Gasteiger partial charge on any atom is -0.461 e. The van der Waals surface area contributed by atoms with Crippen LogP contribution in [0.2, 0.25) is 0 Å². The van der Waals surface area contributed by atoms with E-state index in [-0.39, 0.29) is 12.3 Å². The zero-order valence-electron chi connectivity index (χ0n) is 9.61. The maximum absolute atomic E-state index is 12.2. The van der Waals surface area contributed by atoms with Crippen molar-refractivity contribution in [3.05, 3.63) is 17.5 Å². The van der Waals surface area contributed by atoms with Gasteiger partial charge in [0.05, 0.1) is 12.3 Å². The second-order valence-corrected chi connectivity index (χ2v) is 3.15. The highest BCUT2D eigenvalue weighted by Crippen LogP contribution is 2.28. The van der Waals surface area contributed by atoms with Crippen LogP contribution in [0.3, 0.4) is 0 Å². The van der Waals surface area contributed by atoms with Crippen LogP contribution in [-0.4, -0.2) is 23.9 Å². The number of nitrogens with two attached hydrogens (primary N) is 1. The van der Waals surface area contributed by atoms with E-state index in [0.717, 1.165) is 0 Å². The van der Waals surface area contributed by atoms with Gasteiger partial charge in [0.1, 0.15) is 6.07 Å². The van der Waals surface area contributed by atoms with Gasteiger partial charge in [0, 0.05) is 6.07 Å². The Hall–Kier alpha value is -2.50. The molecule has 2 N–H and O–H groups in total. The first-order chi connectivity index (χ1) is 8.78. The predicted molar refractivity (Wildman–Crippen MR) is 56.0 cm³/mol. The quantitative estimate of drug-likeness (QED) is 0.841. The van der Waals surface area contributed by atoms with Crippen LogP contribution in [0.1, 0.15) is 23.1 Å². The Morgan fingerprint density at radius 3 is 2.68 bits per heavy atom. The van der Waals surface area contributed by atoms with Gasteiger partial charge in [0.15, 0.2) is 17.1 Å². The minimum atomic E-state index is -5.02. The molecule has 0 fully saturated rings. The van der Waals surface area contributed by atoms with Crippen molar-refractivity contribution in [3.8, 4) is 11.8 Å². The molecule has 6 nitrogen and oxygen atoms in total. The summed E-state index contributed by atoms with van der Waals surface area (Å²) in [6.07, 6.45) is -5.02. The van der Waals surface area contributed by atoms with Crippen LogP contribution < -0.4 is 10.5 Å². The molecule has 1 rings (SSSR count). The summed E-state index contributed by atoms with van der Waals surface area (Å²) in [4.78, 5) is 14.9. The molecule has 0 radical (unpaired) electrons. The number of anilines is 1. The zero-order valence-corrected chi connectivity index (χ0v) is 9.61. The lowest BCUT2D eigenvalue weighted by Gasteiger charge is -2.12. The summed E-state index contributed by atoms with van der Waals surface area (Å²) >= 11 is 0. The molecule has 0 aliphatic carbocycles. The van der Waals surface area contributed by atoms with Crippen molar-refractivity contribution >= 4 is 11.7 Å². The Bertz CT molecular complexity index is 537. The number of halogens is 3. The first kappa shape index (κ1) is 14.6. The molecule has 0 saturated heterocycles. The van der Waals surface area contributed by atoms with Crippen molar-refractivity contribution in [2.75, 3.05) is 12.3 Å². The first-order valence-electron chi connectivity index (χ1n) is 4.92. The van der Waals surface area contributed by atoms with Gasteiger partial charge in [-0.3, -0.25) is 0 Å². The smallest absolute Gasteiger partial charge is 0.461 e. The fourth-order valence-electron chi connectivity index (χ4n) is 1.15. The Morgan fingerprint density at radius 2 is 2.21 bits per heavy atom. The van der Waals surface area contributed by atoms with Crippen LogP contribution in [0.15, 0.2) is 6.07 Å². The number of aromatic nitrogens is 1. The van der Waals surface area contributed by atoms with Crippen molar-refractivity contribution in [2.45, 2.75) is 13.3 Å². The summed E-state index contributed by atoms with van der Waals surface area (Å²) in [6.45, 7) is 1.39. The lowest BCUT2D eigenvalue weighted by molar-refractivity contribution is -0.274. The van der Waals surface area contributed by atoms with Gasteiger partial charge in [-0.1, -0.05) is 0 Å². The third-order valence-electron chi connectivity index (χ3n) is 1.82. The number of hydrogen-bond acceptors (Lipinski definition) is 6. The number of rotatable bonds is 3. The molecule has 1 aromatic heterocycles. The van der Waals surface area contributed by atoms with Crippen molar-refractivity contribution in [1.82, 2.24) is 4.98 Å². The van der Waals surface area contributed by atoms with Crippen LogP contribution in [0.25, 0.3) is 0 Å². The first-order valence-corrected chi connectivity index (χ1v) is 4.92. The van der Waals surface area contributed by atoms with Crippen molar-refractivity contribution in [3.63, 3.8) is 0 Å².